The summed E-state index contributed by atoms with van der Waals surface area (Å²) in [6.07, 6.45) is -7.41. The van der Waals surface area contributed by atoms with Gasteiger partial charge in [-0.3, -0.25) is 9.13 Å². The molecule has 4 rings (SSSR count). The first-order chi connectivity index (χ1) is 17.5. The van der Waals surface area contributed by atoms with Crippen LogP contribution in [0.1, 0.15) is 30.2 Å². The maximum atomic E-state index is 13.1. The molecular formula is C24H20ClF3N6O3. The molecule has 0 saturated heterocycles. The number of alkyl halides is 3. The predicted octanol–water partition coefficient (Wildman–Crippen LogP) is 3.45. The van der Waals surface area contributed by atoms with E-state index in [1.54, 1.807) is 36.4 Å². The van der Waals surface area contributed by atoms with E-state index in [-0.39, 0.29) is 23.9 Å². The Kier molecular flexibility index (Phi) is 7.22. The summed E-state index contributed by atoms with van der Waals surface area (Å²) in [5.41, 5.74) is 0.520. The smallest absolute Gasteiger partial charge is 0.385 e. The highest BCUT2D eigenvalue weighted by molar-refractivity contribution is 6.30. The van der Waals surface area contributed by atoms with Crippen molar-refractivity contribution in [2.24, 2.45) is 0 Å². The van der Waals surface area contributed by atoms with Crippen LogP contribution >= 0.6 is 11.6 Å². The molecule has 4 aromatic rings. The van der Waals surface area contributed by atoms with Gasteiger partial charge in [0.25, 0.3) is 0 Å². The number of aliphatic hydroxyl groups is 2. The minimum absolute atomic E-state index is 0.0940. The number of nitrogens with zero attached hydrogens (tertiary/aromatic N) is 6. The third-order valence-corrected chi connectivity index (χ3v) is 5.75. The maximum Gasteiger partial charge on any atom is 0.416 e. The second kappa shape index (κ2) is 10.2. The lowest BCUT2D eigenvalue weighted by Gasteiger charge is -2.16. The molecule has 0 fully saturated rings. The fourth-order valence-electron chi connectivity index (χ4n) is 3.70. The van der Waals surface area contributed by atoms with E-state index in [1.165, 1.54) is 29.9 Å². The first kappa shape index (κ1) is 26.2. The Morgan fingerprint density at radius 1 is 1.16 bits per heavy atom. The van der Waals surface area contributed by atoms with Crippen LogP contribution in [-0.2, 0) is 13.1 Å². The number of aliphatic hydroxyl groups excluding tert-OH is 2. The van der Waals surface area contributed by atoms with Gasteiger partial charge in [-0.2, -0.15) is 18.4 Å². The molecule has 192 valence electrons. The Morgan fingerprint density at radius 3 is 2.49 bits per heavy atom. The minimum atomic E-state index is -4.93. The van der Waals surface area contributed by atoms with Gasteiger partial charge in [0.15, 0.2) is 17.8 Å². The van der Waals surface area contributed by atoms with Gasteiger partial charge in [0.2, 0.25) is 0 Å². The molecule has 13 heteroatoms. The number of benzene rings is 2. The van der Waals surface area contributed by atoms with Crippen LogP contribution in [0.3, 0.4) is 0 Å². The van der Waals surface area contributed by atoms with E-state index in [0.717, 1.165) is 9.13 Å². The Labute approximate surface area is 213 Å². The van der Waals surface area contributed by atoms with Crippen LogP contribution in [0, 0.1) is 11.3 Å². The zero-order chi connectivity index (χ0) is 26.9. The first-order valence-electron chi connectivity index (χ1n) is 10.9. The molecule has 2 aromatic heterocycles. The molecule has 9 nitrogen and oxygen atoms in total. The van der Waals surface area contributed by atoms with Gasteiger partial charge >= 0.3 is 11.9 Å². The van der Waals surface area contributed by atoms with Gasteiger partial charge in [0.05, 0.1) is 36.1 Å². The van der Waals surface area contributed by atoms with Crippen molar-refractivity contribution in [1.82, 2.24) is 23.9 Å². The van der Waals surface area contributed by atoms with Gasteiger partial charge < -0.3 is 10.2 Å². The molecule has 0 aliphatic rings. The maximum absolute atomic E-state index is 13.1. The molecule has 0 bridgehead atoms. The quantitative estimate of drug-likeness (QED) is 0.376. The highest BCUT2D eigenvalue weighted by Crippen LogP contribution is 2.25. The van der Waals surface area contributed by atoms with Crippen LogP contribution in [0.4, 0.5) is 13.2 Å². The molecule has 0 spiro atoms. The van der Waals surface area contributed by atoms with Crippen LogP contribution in [0.5, 0.6) is 0 Å². The van der Waals surface area contributed by atoms with E-state index in [4.69, 9.17) is 11.6 Å². The van der Waals surface area contributed by atoms with Gasteiger partial charge in [0, 0.05) is 11.2 Å². The van der Waals surface area contributed by atoms with Crippen LogP contribution in [0.15, 0.2) is 59.5 Å². The highest BCUT2D eigenvalue weighted by Gasteiger charge is 2.39. The SMILES string of the molecule is C[C@H](O)c1nc(Cn2cc(-c3ccc(Cl)cc3)n(CC(O)C(F)(F)F)c2=O)nn1-c1cccc(C#N)c1. The zero-order valence-corrected chi connectivity index (χ0v) is 20.0. The summed E-state index contributed by atoms with van der Waals surface area (Å²) in [5, 5.41) is 33.8. The van der Waals surface area contributed by atoms with E-state index in [9.17, 15) is 33.4 Å². The average molecular weight is 533 g/mol. The molecule has 1 unspecified atom stereocenters. The highest BCUT2D eigenvalue weighted by atomic mass is 35.5. The summed E-state index contributed by atoms with van der Waals surface area (Å²) in [6.45, 7) is 0.215. The zero-order valence-electron chi connectivity index (χ0n) is 19.3. The van der Waals surface area contributed by atoms with E-state index >= 15 is 0 Å². The van der Waals surface area contributed by atoms with Gasteiger partial charge in [-0.1, -0.05) is 29.8 Å². The van der Waals surface area contributed by atoms with E-state index < -0.39 is 30.6 Å². The fourth-order valence-corrected chi connectivity index (χ4v) is 3.83. The monoisotopic (exact) mass is 532 g/mol. The second-order valence-corrected chi connectivity index (χ2v) is 8.67. The Morgan fingerprint density at radius 2 is 1.86 bits per heavy atom. The van der Waals surface area contributed by atoms with Crippen LogP contribution in [0.25, 0.3) is 16.9 Å². The van der Waals surface area contributed by atoms with Crippen LogP contribution in [-0.4, -0.2) is 46.4 Å². The molecule has 0 radical (unpaired) electrons. The van der Waals surface area contributed by atoms with Crippen LogP contribution < -0.4 is 5.69 Å². The van der Waals surface area contributed by atoms with E-state index in [1.807, 2.05) is 6.07 Å². The van der Waals surface area contributed by atoms with Crippen molar-refractivity contribution in [3.05, 3.63) is 87.4 Å². The van der Waals surface area contributed by atoms with Crippen molar-refractivity contribution in [1.29, 1.82) is 5.26 Å². The predicted molar refractivity (Wildman–Crippen MR) is 127 cm³/mol. The summed E-state index contributed by atoms with van der Waals surface area (Å²) in [6, 6.07) is 14.6. The third kappa shape index (κ3) is 5.59. The lowest BCUT2D eigenvalue weighted by Crippen LogP contribution is -2.37. The van der Waals surface area contributed by atoms with Crippen molar-refractivity contribution >= 4 is 11.6 Å². The summed E-state index contributed by atoms with van der Waals surface area (Å²) in [5.74, 6) is 0.236. The molecule has 0 aliphatic heterocycles. The van der Waals surface area contributed by atoms with Gasteiger partial charge in [-0.15, -0.1) is 5.10 Å². The van der Waals surface area contributed by atoms with Gasteiger partial charge in [-0.05, 0) is 42.8 Å². The molecule has 2 aromatic carbocycles. The fraction of sp³-hybridized carbons (Fsp3) is 0.250. The Hall–Kier alpha value is -3.92. The Balaban J connectivity index is 1.77. The van der Waals surface area contributed by atoms with E-state index in [2.05, 4.69) is 10.1 Å². The third-order valence-electron chi connectivity index (χ3n) is 5.50. The number of halogens is 4. The first-order valence-corrected chi connectivity index (χ1v) is 11.3. The number of aromatic nitrogens is 5. The van der Waals surface area contributed by atoms with E-state index in [0.29, 0.717) is 21.8 Å². The molecule has 2 heterocycles. The summed E-state index contributed by atoms with van der Waals surface area (Å²) in [7, 11) is 0. The van der Waals surface area contributed by atoms with Crippen molar-refractivity contribution < 1.29 is 23.4 Å². The summed E-state index contributed by atoms with van der Waals surface area (Å²) < 4.78 is 42.5. The second-order valence-electron chi connectivity index (χ2n) is 8.24. The van der Waals surface area contributed by atoms with Crippen molar-refractivity contribution in [2.75, 3.05) is 0 Å². The molecule has 0 saturated carbocycles. The number of rotatable bonds is 7. The number of hydrogen-bond acceptors (Lipinski definition) is 6. The summed E-state index contributed by atoms with van der Waals surface area (Å²) >= 11 is 5.92. The molecule has 0 amide bonds. The molecule has 2 atom stereocenters. The lowest BCUT2D eigenvalue weighted by atomic mass is 10.1. The molecular weight excluding hydrogens is 513 g/mol. The number of imidazole rings is 1. The largest absolute Gasteiger partial charge is 0.416 e. The topological polar surface area (TPSA) is 122 Å². The standard InChI is InChI=1S/C24H20ClF3N6O3/c1-14(35)22-30-21(31-34(22)18-4-2-3-15(9-18)10-29)13-32-11-19(16-5-7-17(25)8-6-16)33(23(32)37)12-20(36)24(26,27)28/h2-9,11,14,20,35-36H,12-13H2,1H3/t14-,20?/m0/s1. The van der Waals surface area contributed by atoms with Crippen molar-refractivity contribution in [2.45, 2.75) is 38.4 Å². The average Bonchev–Trinajstić information content (AvgIpc) is 3.41. The van der Waals surface area contributed by atoms with Crippen molar-refractivity contribution in [3.8, 4) is 23.0 Å². The molecule has 37 heavy (non-hydrogen) atoms. The van der Waals surface area contributed by atoms with Gasteiger partial charge in [-0.25, -0.2) is 14.5 Å². The van der Waals surface area contributed by atoms with Crippen molar-refractivity contribution in [3.63, 3.8) is 0 Å². The van der Waals surface area contributed by atoms with Crippen LogP contribution in [0.2, 0.25) is 5.02 Å². The molecule has 2 N–H and O–H groups in total. The normalized spacial score (nSPS) is 13.4. The van der Waals surface area contributed by atoms with Gasteiger partial charge in [0.1, 0.15) is 6.10 Å². The number of nitriles is 1. The summed E-state index contributed by atoms with van der Waals surface area (Å²) in [4.78, 5) is 17.5. The minimum Gasteiger partial charge on any atom is -0.385 e. The Bertz CT molecular complexity index is 1520. The number of hydrogen-bond donors (Lipinski definition) is 2. The lowest BCUT2D eigenvalue weighted by molar-refractivity contribution is -0.207. The molecule has 0 aliphatic carbocycles.